The molecule has 0 heterocycles. The summed E-state index contributed by atoms with van der Waals surface area (Å²) in [6, 6.07) is 0. The van der Waals surface area contributed by atoms with Crippen molar-refractivity contribution in [2.75, 3.05) is 7.11 Å². The van der Waals surface area contributed by atoms with Crippen molar-refractivity contribution >= 4 is 31.9 Å². The molecule has 2 fully saturated rings. The highest BCUT2D eigenvalue weighted by molar-refractivity contribution is 9.25. The van der Waals surface area contributed by atoms with E-state index in [0.29, 0.717) is 5.41 Å². The number of ether oxygens (including phenoxy) is 1. The smallest absolute Gasteiger partial charge is 0.122 e. The molecule has 2 saturated carbocycles. The molecular weight excluding hydrogens is 344 g/mol. The second-order valence-corrected chi connectivity index (χ2v) is 8.70. The van der Waals surface area contributed by atoms with Gasteiger partial charge < -0.3 is 4.74 Å². The van der Waals surface area contributed by atoms with E-state index in [9.17, 15) is 0 Å². The van der Waals surface area contributed by atoms with E-state index in [0.717, 1.165) is 17.8 Å². The van der Waals surface area contributed by atoms with Crippen LogP contribution in [0, 0.1) is 10.8 Å². The summed E-state index contributed by atoms with van der Waals surface area (Å²) in [5.41, 5.74) is 1.68. The van der Waals surface area contributed by atoms with Crippen LogP contribution in [0.3, 0.4) is 0 Å². The second kappa shape index (κ2) is 3.51. The summed E-state index contributed by atoms with van der Waals surface area (Å²) in [6.45, 7) is 3.88. The minimum atomic E-state index is 0.0607. The van der Waals surface area contributed by atoms with Crippen LogP contribution < -0.4 is 0 Å². The molecule has 17 heavy (non-hydrogen) atoms. The van der Waals surface area contributed by atoms with E-state index >= 15 is 0 Å². The molecule has 3 aliphatic rings. The average molecular weight is 360 g/mol. The van der Waals surface area contributed by atoms with Crippen LogP contribution in [0.1, 0.15) is 25.7 Å². The zero-order valence-corrected chi connectivity index (χ0v) is 13.1. The summed E-state index contributed by atoms with van der Waals surface area (Å²) >= 11 is 7.80. The fourth-order valence-corrected chi connectivity index (χ4v) is 6.52. The number of methoxy groups -OCH3 is 1. The van der Waals surface area contributed by atoms with Crippen molar-refractivity contribution < 1.29 is 4.74 Å². The number of rotatable bonds is 2. The van der Waals surface area contributed by atoms with Gasteiger partial charge >= 0.3 is 0 Å². The van der Waals surface area contributed by atoms with E-state index in [1.807, 2.05) is 6.08 Å². The second-order valence-electron chi connectivity index (χ2n) is 5.26. The van der Waals surface area contributed by atoms with Gasteiger partial charge in [0.2, 0.25) is 0 Å². The Labute approximate surface area is 119 Å². The fraction of sp³-hybridized carbons (Fsp3) is 0.571. The minimum absolute atomic E-state index is 0.0607. The van der Waals surface area contributed by atoms with E-state index in [4.69, 9.17) is 4.74 Å². The monoisotopic (exact) mass is 358 g/mol. The third-order valence-corrected chi connectivity index (χ3v) is 7.83. The van der Waals surface area contributed by atoms with Gasteiger partial charge in [-0.25, -0.2) is 0 Å². The fourth-order valence-electron chi connectivity index (χ4n) is 3.91. The predicted octanol–water partition coefficient (Wildman–Crippen LogP) is 4.69. The maximum atomic E-state index is 5.54. The molecule has 3 aliphatic carbocycles. The van der Waals surface area contributed by atoms with Crippen LogP contribution in [-0.4, -0.2) is 10.3 Å². The largest absolute Gasteiger partial charge is 0.496 e. The van der Waals surface area contributed by atoms with Crippen LogP contribution in [0.25, 0.3) is 0 Å². The average Bonchev–Trinajstić information content (AvgIpc) is 2.58. The molecule has 1 nitrogen and oxygen atoms in total. The first-order chi connectivity index (χ1) is 8.04. The quantitative estimate of drug-likeness (QED) is 0.650. The van der Waals surface area contributed by atoms with Crippen molar-refractivity contribution in [3.8, 4) is 0 Å². The van der Waals surface area contributed by atoms with Gasteiger partial charge in [0.15, 0.2) is 0 Å². The van der Waals surface area contributed by atoms with Crippen LogP contribution in [0.2, 0.25) is 0 Å². The number of hydrogen-bond donors (Lipinski definition) is 0. The molecule has 3 heteroatoms. The summed E-state index contributed by atoms with van der Waals surface area (Å²) < 4.78 is 5.61. The summed E-state index contributed by atoms with van der Waals surface area (Å²) in [4.78, 5) is 0. The Morgan fingerprint density at radius 1 is 1.41 bits per heavy atom. The van der Waals surface area contributed by atoms with Gasteiger partial charge in [-0.15, -0.1) is 0 Å². The molecule has 0 unspecified atom stereocenters. The molecule has 92 valence electrons. The topological polar surface area (TPSA) is 9.23 Å². The zero-order valence-electron chi connectivity index (χ0n) is 9.93. The summed E-state index contributed by atoms with van der Waals surface area (Å²) in [5, 5.41) is 0. The van der Waals surface area contributed by atoms with Crippen molar-refractivity contribution in [3.63, 3.8) is 0 Å². The SMILES string of the molecule is C=CC1=CC[C@]23CCC[C@@]2(C=C1OC)C3(Br)Br. The highest BCUT2D eigenvalue weighted by atomic mass is 79.9. The van der Waals surface area contributed by atoms with Crippen LogP contribution >= 0.6 is 31.9 Å². The van der Waals surface area contributed by atoms with Gasteiger partial charge in [0.25, 0.3) is 0 Å². The van der Waals surface area contributed by atoms with E-state index in [1.165, 1.54) is 19.3 Å². The summed E-state index contributed by atoms with van der Waals surface area (Å²) in [7, 11) is 1.74. The summed E-state index contributed by atoms with van der Waals surface area (Å²) in [6.07, 6.45) is 11.4. The predicted molar refractivity (Wildman–Crippen MR) is 77.3 cm³/mol. The maximum Gasteiger partial charge on any atom is 0.122 e. The van der Waals surface area contributed by atoms with Crippen molar-refractivity contribution in [2.24, 2.45) is 10.8 Å². The van der Waals surface area contributed by atoms with Gasteiger partial charge in [-0.05, 0) is 25.3 Å². The Morgan fingerprint density at radius 3 is 2.82 bits per heavy atom. The molecule has 3 rings (SSSR count). The van der Waals surface area contributed by atoms with E-state index in [2.05, 4.69) is 50.6 Å². The molecule has 0 aromatic carbocycles. The van der Waals surface area contributed by atoms with Crippen molar-refractivity contribution in [1.82, 2.24) is 0 Å². The molecule has 0 bridgehead atoms. The zero-order chi connectivity index (χ0) is 12.3. The molecule has 0 saturated heterocycles. The summed E-state index contributed by atoms with van der Waals surface area (Å²) in [5.74, 6) is 0.976. The highest BCUT2D eigenvalue weighted by Crippen LogP contribution is 2.88. The normalized spacial score (nSPS) is 41.6. The first-order valence-corrected chi connectivity index (χ1v) is 7.61. The van der Waals surface area contributed by atoms with E-state index < -0.39 is 0 Å². The Bertz CT molecular complexity index is 449. The van der Waals surface area contributed by atoms with Gasteiger partial charge in [0.1, 0.15) is 5.76 Å². The molecule has 2 atom stereocenters. The van der Waals surface area contributed by atoms with Crippen LogP contribution in [-0.2, 0) is 4.74 Å². The van der Waals surface area contributed by atoms with Gasteiger partial charge in [0, 0.05) is 16.4 Å². The number of hydrogen-bond acceptors (Lipinski definition) is 1. The van der Waals surface area contributed by atoms with Crippen LogP contribution in [0.5, 0.6) is 0 Å². The van der Waals surface area contributed by atoms with Crippen molar-refractivity contribution in [3.05, 3.63) is 36.1 Å². The number of alkyl halides is 2. The minimum Gasteiger partial charge on any atom is -0.496 e. The van der Waals surface area contributed by atoms with Crippen LogP contribution in [0.4, 0.5) is 0 Å². The van der Waals surface area contributed by atoms with Crippen LogP contribution in [0.15, 0.2) is 36.1 Å². The highest BCUT2D eigenvalue weighted by Gasteiger charge is 2.85. The lowest BCUT2D eigenvalue weighted by Gasteiger charge is -2.16. The lowest BCUT2D eigenvalue weighted by molar-refractivity contribution is 0.296. The van der Waals surface area contributed by atoms with Crippen molar-refractivity contribution in [2.45, 2.75) is 28.9 Å². The molecule has 0 aromatic heterocycles. The van der Waals surface area contributed by atoms with Gasteiger partial charge in [-0.2, -0.15) is 0 Å². The molecule has 0 N–H and O–H groups in total. The third kappa shape index (κ3) is 1.16. The Kier molecular flexibility index (Phi) is 2.48. The Balaban J connectivity index is 2.12. The van der Waals surface area contributed by atoms with Crippen molar-refractivity contribution in [1.29, 1.82) is 0 Å². The van der Waals surface area contributed by atoms with Gasteiger partial charge in [-0.1, -0.05) is 57.0 Å². The standard InChI is InChI=1S/C14H16Br2O/c1-3-10-5-8-12-6-4-7-13(12,14(12,15)16)9-11(10)17-2/h3,5,9H,1,4,6-8H2,2H3/t12-,13+/m1/s1. The van der Waals surface area contributed by atoms with Gasteiger partial charge in [-0.3, -0.25) is 0 Å². The molecule has 0 amide bonds. The molecule has 0 aliphatic heterocycles. The van der Waals surface area contributed by atoms with Gasteiger partial charge in [0.05, 0.1) is 10.3 Å². The Hall–Kier alpha value is -0.0200. The van der Waals surface area contributed by atoms with E-state index in [-0.39, 0.29) is 8.65 Å². The number of allylic oxidation sites excluding steroid dienone is 3. The Morgan fingerprint density at radius 2 is 2.18 bits per heavy atom. The maximum absolute atomic E-state index is 5.54. The number of halogens is 2. The first-order valence-electron chi connectivity index (χ1n) is 6.02. The molecule has 0 radical (unpaired) electrons. The van der Waals surface area contributed by atoms with E-state index in [1.54, 1.807) is 7.11 Å². The molecular formula is C14H16Br2O. The molecule has 0 aromatic rings. The first kappa shape index (κ1) is 12.0. The lowest BCUT2D eigenvalue weighted by atomic mass is 9.94. The molecule has 0 spiro atoms. The lowest BCUT2D eigenvalue weighted by Crippen LogP contribution is -2.08. The third-order valence-electron chi connectivity index (χ3n) is 4.90.